The summed E-state index contributed by atoms with van der Waals surface area (Å²) in [6.07, 6.45) is 1.46. The quantitative estimate of drug-likeness (QED) is 0.793. The van der Waals surface area contributed by atoms with Crippen molar-refractivity contribution in [3.63, 3.8) is 0 Å². The molecule has 0 radical (unpaired) electrons. The monoisotopic (exact) mass is 216 g/mol. The smallest absolute Gasteiger partial charge is 0.170 e. The van der Waals surface area contributed by atoms with Gasteiger partial charge in [-0.25, -0.2) is 0 Å². The molecule has 1 N–H and O–H groups in total. The molecule has 0 aliphatic carbocycles. The van der Waals surface area contributed by atoms with Crippen LogP contribution in [0.1, 0.15) is 21.7 Å². The lowest BCUT2D eigenvalue weighted by Crippen LogP contribution is -1.89. The molecule has 82 valence electrons. The summed E-state index contributed by atoms with van der Waals surface area (Å²) in [5.74, 6) is 0.835. The van der Waals surface area contributed by atoms with Crippen molar-refractivity contribution in [2.45, 2.75) is 6.42 Å². The standard InChI is InChI=1S/C12H12N2O2/c1-16-12-4-2-9(3-5-12)6-10-7-11(8-15)14-13-10/h2-5,7-8H,6H2,1H3,(H,13,14). The van der Waals surface area contributed by atoms with Crippen LogP contribution in [0.15, 0.2) is 30.3 Å². The number of benzene rings is 1. The van der Waals surface area contributed by atoms with Crippen molar-refractivity contribution in [1.82, 2.24) is 10.2 Å². The van der Waals surface area contributed by atoms with Crippen molar-refractivity contribution in [1.29, 1.82) is 0 Å². The molecule has 1 heterocycles. The summed E-state index contributed by atoms with van der Waals surface area (Å²) in [5.41, 5.74) is 2.50. The molecule has 0 fully saturated rings. The maximum Gasteiger partial charge on any atom is 0.170 e. The van der Waals surface area contributed by atoms with Crippen LogP contribution in [0, 0.1) is 0 Å². The predicted octanol–water partition coefficient (Wildman–Crippen LogP) is 1.82. The van der Waals surface area contributed by atoms with E-state index in [4.69, 9.17) is 4.74 Å². The highest BCUT2D eigenvalue weighted by atomic mass is 16.5. The van der Waals surface area contributed by atoms with Gasteiger partial charge >= 0.3 is 0 Å². The Labute approximate surface area is 93.3 Å². The van der Waals surface area contributed by atoms with E-state index < -0.39 is 0 Å². The topological polar surface area (TPSA) is 55.0 Å². The lowest BCUT2D eigenvalue weighted by atomic mass is 10.1. The summed E-state index contributed by atoms with van der Waals surface area (Å²) in [6, 6.07) is 9.54. The van der Waals surface area contributed by atoms with E-state index in [1.165, 1.54) is 0 Å². The van der Waals surface area contributed by atoms with Gasteiger partial charge in [0.2, 0.25) is 0 Å². The fourth-order valence-corrected chi connectivity index (χ4v) is 1.49. The number of carbonyl (C=O) groups excluding carboxylic acids is 1. The minimum Gasteiger partial charge on any atom is -0.497 e. The summed E-state index contributed by atoms with van der Waals surface area (Å²) < 4.78 is 5.07. The molecule has 0 unspecified atom stereocenters. The first-order valence-electron chi connectivity index (χ1n) is 4.94. The Balaban J connectivity index is 2.10. The number of nitrogens with zero attached hydrogens (tertiary/aromatic N) is 1. The Hall–Kier alpha value is -2.10. The molecule has 0 saturated carbocycles. The second kappa shape index (κ2) is 4.61. The van der Waals surface area contributed by atoms with E-state index in [0.717, 1.165) is 29.7 Å². The third-order valence-electron chi connectivity index (χ3n) is 2.33. The van der Waals surface area contributed by atoms with Crippen molar-refractivity contribution in [2.75, 3.05) is 7.11 Å². The zero-order chi connectivity index (χ0) is 11.4. The van der Waals surface area contributed by atoms with Crippen LogP contribution in [0.3, 0.4) is 0 Å². The molecule has 0 saturated heterocycles. The zero-order valence-electron chi connectivity index (χ0n) is 8.93. The summed E-state index contributed by atoms with van der Waals surface area (Å²) >= 11 is 0. The van der Waals surface area contributed by atoms with Gasteiger partial charge in [0.15, 0.2) is 6.29 Å². The molecule has 2 aromatic rings. The van der Waals surface area contributed by atoms with Crippen LogP contribution in [0.2, 0.25) is 0 Å². The first-order valence-corrected chi connectivity index (χ1v) is 4.94. The molecular formula is C12H12N2O2. The number of hydrogen-bond donors (Lipinski definition) is 1. The van der Waals surface area contributed by atoms with Crippen LogP contribution < -0.4 is 4.74 Å². The first kappa shape index (κ1) is 10.4. The number of H-pyrrole nitrogens is 1. The lowest BCUT2D eigenvalue weighted by Gasteiger charge is -2.01. The summed E-state index contributed by atoms with van der Waals surface area (Å²) in [5, 5.41) is 6.67. The number of ether oxygens (including phenoxy) is 1. The molecular weight excluding hydrogens is 204 g/mol. The Morgan fingerprint density at radius 2 is 2.12 bits per heavy atom. The SMILES string of the molecule is COc1ccc(Cc2cc(C=O)n[nH]2)cc1. The normalized spacial score (nSPS) is 10.1. The number of hydrogen-bond acceptors (Lipinski definition) is 3. The number of aldehydes is 1. The maximum atomic E-state index is 10.5. The van der Waals surface area contributed by atoms with Gasteiger partial charge < -0.3 is 4.74 Å². The molecule has 0 spiro atoms. The van der Waals surface area contributed by atoms with Gasteiger partial charge in [-0.1, -0.05) is 12.1 Å². The summed E-state index contributed by atoms with van der Waals surface area (Å²) in [6.45, 7) is 0. The molecule has 0 amide bonds. The van der Waals surface area contributed by atoms with Crippen molar-refractivity contribution in [3.8, 4) is 5.75 Å². The highest BCUT2D eigenvalue weighted by molar-refractivity contribution is 5.71. The van der Waals surface area contributed by atoms with Crippen molar-refractivity contribution in [3.05, 3.63) is 47.3 Å². The third kappa shape index (κ3) is 2.28. The molecule has 2 rings (SSSR count). The fraction of sp³-hybridized carbons (Fsp3) is 0.167. The Morgan fingerprint density at radius 3 is 2.69 bits per heavy atom. The number of nitrogens with one attached hydrogen (secondary N) is 1. The number of carbonyl (C=O) groups is 1. The van der Waals surface area contributed by atoms with E-state index in [1.54, 1.807) is 13.2 Å². The fourth-order valence-electron chi connectivity index (χ4n) is 1.49. The molecule has 0 atom stereocenters. The highest BCUT2D eigenvalue weighted by Gasteiger charge is 2.01. The minimum atomic E-state index is 0.434. The van der Waals surface area contributed by atoms with E-state index in [1.807, 2.05) is 24.3 Å². The Morgan fingerprint density at radius 1 is 1.38 bits per heavy atom. The van der Waals surface area contributed by atoms with Crippen molar-refractivity contribution >= 4 is 6.29 Å². The first-order chi connectivity index (χ1) is 7.81. The van der Waals surface area contributed by atoms with E-state index in [0.29, 0.717) is 5.69 Å². The second-order valence-electron chi connectivity index (χ2n) is 3.46. The number of aromatic nitrogens is 2. The van der Waals surface area contributed by atoms with Gasteiger partial charge in [-0.05, 0) is 23.8 Å². The van der Waals surface area contributed by atoms with Crippen LogP contribution in [0.25, 0.3) is 0 Å². The predicted molar refractivity (Wildman–Crippen MR) is 59.8 cm³/mol. The summed E-state index contributed by atoms with van der Waals surface area (Å²) in [4.78, 5) is 10.5. The number of rotatable bonds is 4. The van der Waals surface area contributed by atoms with Crippen LogP contribution in [0.5, 0.6) is 5.75 Å². The van der Waals surface area contributed by atoms with E-state index >= 15 is 0 Å². The molecule has 16 heavy (non-hydrogen) atoms. The zero-order valence-corrected chi connectivity index (χ0v) is 8.93. The average molecular weight is 216 g/mol. The second-order valence-corrected chi connectivity index (χ2v) is 3.46. The minimum absolute atomic E-state index is 0.434. The lowest BCUT2D eigenvalue weighted by molar-refractivity contribution is 0.111. The molecule has 1 aromatic carbocycles. The van der Waals surface area contributed by atoms with Gasteiger partial charge in [0.05, 0.1) is 7.11 Å². The van der Waals surface area contributed by atoms with Crippen LogP contribution >= 0.6 is 0 Å². The molecule has 0 bridgehead atoms. The van der Waals surface area contributed by atoms with Crippen LogP contribution in [0.4, 0.5) is 0 Å². The van der Waals surface area contributed by atoms with Crippen molar-refractivity contribution in [2.24, 2.45) is 0 Å². The van der Waals surface area contributed by atoms with E-state index in [2.05, 4.69) is 10.2 Å². The third-order valence-corrected chi connectivity index (χ3v) is 2.33. The Kier molecular flexibility index (Phi) is 3.00. The van der Waals surface area contributed by atoms with E-state index in [-0.39, 0.29) is 0 Å². The van der Waals surface area contributed by atoms with Gasteiger partial charge in [-0.3, -0.25) is 9.89 Å². The maximum absolute atomic E-state index is 10.5. The Bertz CT molecular complexity index is 474. The van der Waals surface area contributed by atoms with Crippen LogP contribution in [-0.2, 0) is 6.42 Å². The molecule has 4 heteroatoms. The van der Waals surface area contributed by atoms with E-state index in [9.17, 15) is 4.79 Å². The van der Waals surface area contributed by atoms with Crippen LogP contribution in [-0.4, -0.2) is 23.6 Å². The highest BCUT2D eigenvalue weighted by Crippen LogP contribution is 2.14. The van der Waals surface area contributed by atoms with Gasteiger partial charge in [0, 0.05) is 12.1 Å². The molecule has 0 aliphatic rings. The number of methoxy groups -OCH3 is 1. The largest absolute Gasteiger partial charge is 0.497 e. The van der Waals surface area contributed by atoms with Gasteiger partial charge in [0.25, 0.3) is 0 Å². The van der Waals surface area contributed by atoms with Gasteiger partial charge in [-0.2, -0.15) is 5.10 Å². The van der Waals surface area contributed by atoms with Gasteiger partial charge in [-0.15, -0.1) is 0 Å². The molecule has 0 aliphatic heterocycles. The number of aromatic amines is 1. The summed E-state index contributed by atoms with van der Waals surface area (Å²) in [7, 11) is 1.64. The van der Waals surface area contributed by atoms with Gasteiger partial charge in [0.1, 0.15) is 11.4 Å². The molecule has 4 nitrogen and oxygen atoms in total. The average Bonchev–Trinajstić information content (AvgIpc) is 2.78. The molecule has 1 aromatic heterocycles. The van der Waals surface area contributed by atoms with Crippen molar-refractivity contribution < 1.29 is 9.53 Å².